The Kier molecular flexibility index (Phi) is 8.16. The monoisotopic (exact) mass is 435 g/mol. The lowest BCUT2D eigenvalue weighted by atomic mass is 9.97. The predicted molar refractivity (Wildman–Crippen MR) is 118 cm³/mol. The molecule has 1 fully saturated rings. The third kappa shape index (κ3) is 5.98. The Bertz CT molecular complexity index is 861. The number of sulfonamides is 1. The first-order valence-electron chi connectivity index (χ1n) is 11.0. The number of allylic oxidation sites excluding steroid dienone is 1. The van der Waals surface area contributed by atoms with Crippen molar-refractivity contribution in [3.8, 4) is 5.75 Å². The van der Waals surface area contributed by atoms with Crippen molar-refractivity contribution in [2.45, 2.75) is 56.8 Å². The Labute approximate surface area is 179 Å². The molecule has 7 nitrogen and oxygen atoms in total. The lowest BCUT2D eigenvalue weighted by molar-refractivity contribution is -0.119. The molecule has 166 valence electrons. The van der Waals surface area contributed by atoms with Gasteiger partial charge in [-0.05, 0) is 70.1 Å². The number of rotatable bonds is 10. The fraction of sp³-hybridized carbons (Fsp3) is 0.591. The molecule has 1 aromatic rings. The van der Waals surface area contributed by atoms with Gasteiger partial charge in [-0.15, -0.1) is 0 Å². The van der Waals surface area contributed by atoms with Crippen LogP contribution in [0.5, 0.6) is 5.75 Å². The van der Waals surface area contributed by atoms with Crippen LogP contribution < -0.4 is 15.4 Å². The van der Waals surface area contributed by atoms with Gasteiger partial charge in [0.25, 0.3) is 0 Å². The molecule has 2 aliphatic rings. The number of carbonyl (C=O) groups excluding carboxylic acids is 1. The van der Waals surface area contributed by atoms with Gasteiger partial charge < -0.3 is 15.4 Å². The molecule has 1 aliphatic heterocycles. The van der Waals surface area contributed by atoms with E-state index in [1.807, 2.05) is 6.92 Å². The Morgan fingerprint density at radius 2 is 1.97 bits per heavy atom. The highest BCUT2D eigenvalue weighted by Crippen LogP contribution is 2.31. The van der Waals surface area contributed by atoms with E-state index in [0.717, 1.165) is 32.1 Å². The minimum Gasteiger partial charge on any atom is -0.492 e. The molecule has 3 rings (SSSR count). The average molecular weight is 436 g/mol. The summed E-state index contributed by atoms with van der Waals surface area (Å²) in [6, 6.07) is 4.97. The van der Waals surface area contributed by atoms with Gasteiger partial charge in [-0.1, -0.05) is 11.6 Å². The lowest BCUT2D eigenvalue weighted by Gasteiger charge is -2.19. The first kappa shape index (κ1) is 22.6. The number of carbonyl (C=O) groups is 1. The molecule has 8 heteroatoms. The maximum absolute atomic E-state index is 13.0. The number of benzene rings is 1. The van der Waals surface area contributed by atoms with Crippen molar-refractivity contribution in [2.24, 2.45) is 0 Å². The molecule has 1 aliphatic carbocycles. The van der Waals surface area contributed by atoms with Crippen LogP contribution in [0.25, 0.3) is 0 Å². The molecule has 1 amide bonds. The van der Waals surface area contributed by atoms with Crippen molar-refractivity contribution in [3.63, 3.8) is 0 Å². The van der Waals surface area contributed by atoms with Crippen molar-refractivity contribution in [1.29, 1.82) is 0 Å². The van der Waals surface area contributed by atoms with Gasteiger partial charge in [0.2, 0.25) is 15.9 Å². The highest BCUT2D eigenvalue weighted by molar-refractivity contribution is 7.89. The Balaban J connectivity index is 1.59. The zero-order valence-electron chi connectivity index (χ0n) is 17.8. The smallest absolute Gasteiger partial charge is 0.246 e. The van der Waals surface area contributed by atoms with Crippen LogP contribution in [0.3, 0.4) is 0 Å². The summed E-state index contributed by atoms with van der Waals surface area (Å²) in [6.07, 6.45) is 9.71. The predicted octanol–water partition coefficient (Wildman–Crippen LogP) is 3.29. The summed E-state index contributed by atoms with van der Waals surface area (Å²) >= 11 is 0. The lowest BCUT2D eigenvalue weighted by Crippen LogP contribution is -2.31. The van der Waals surface area contributed by atoms with Crippen LogP contribution in [-0.2, 0) is 14.8 Å². The van der Waals surface area contributed by atoms with E-state index >= 15 is 0 Å². The van der Waals surface area contributed by atoms with Crippen molar-refractivity contribution in [3.05, 3.63) is 29.8 Å². The highest BCUT2D eigenvalue weighted by Gasteiger charge is 2.30. The van der Waals surface area contributed by atoms with Crippen LogP contribution in [0.15, 0.2) is 34.7 Å². The molecule has 1 saturated heterocycles. The Morgan fingerprint density at radius 1 is 1.17 bits per heavy atom. The van der Waals surface area contributed by atoms with Crippen molar-refractivity contribution in [1.82, 2.24) is 9.62 Å². The maximum atomic E-state index is 13.0. The number of nitrogens with one attached hydrogen (secondary N) is 2. The SMILES string of the molecule is CCOc1ccc(NCC(=O)NCCC2=CCCCC2)cc1S(=O)(=O)N1CCCC1. The minimum absolute atomic E-state index is 0.0935. The number of nitrogens with zero attached hydrogens (tertiary/aromatic N) is 1. The molecule has 1 aromatic carbocycles. The van der Waals surface area contributed by atoms with Gasteiger partial charge >= 0.3 is 0 Å². The van der Waals surface area contributed by atoms with Gasteiger partial charge in [0.15, 0.2) is 0 Å². The van der Waals surface area contributed by atoms with Gasteiger partial charge in [-0.2, -0.15) is 4.31 Å². The van der Waals surface area contributed by atoms with Crippen LogP contribution in [0.1, 0.15) is 51.9 Å². The fourth-order valence-corrected chi connectivity index (χ4v) is 5.58. The van der Waals surface area contributed by atoms with E-state index in [1.54, 1.807) is 18.2 Å². The van der Waals surface area contributed by atoms with Gasteiger partial charge in [0, 0.05) is 25.3 Å². The second-order valence-electron chi connectivity index (χ2n) is 7.77. The van der Waals surface area contributed by atoms with E-state index in [9.17, 15) is 13.2 Å². The van der Waals surface area contributed by atoms with E-state index in [4.69, 9.17) is 4.74 Å². The zero-order valence-corrected chi connectivity index (χ0v) is 18.6. The van der Waals surface area contributed by atoms with Crippen molar-refractivity contribution >= 4 is 21.6 Å². The highest BCUT2D eigenvalue weighted by atomic mass is 32.2. The molecule has 0 saturated carbocycles. The fourth-order valence-electron chi connectivity index (χ4n) is 3.90. The first-order chi connectivity index (χ1) is 14.5. The summed E-state index contributed by atoms with van der Waals surface area (Å²) < 4.78 is 33.1. The molecular formula is C22H33N3O4S. The average Bonchev–Trinajstić information content (AvgIpc) is 3.30. The number of hydrogen-bond acceptors (Lipinski definition) is 5. The molecule has 0 atom stereocenters. The summed E-state index contributed by atoms with van der Waals surface area (Å²) in [5, 5.41) is 5.97. The van der Waals surface area contributed by atoms with Crippen LogP contribution in [0.2, 0.25) is 0 Å². The standard InChI is InChI=1S/C22H33N3O4S/c1-2-29-20-11-10-19(16-21(20)30(27,28)25-14-6-7-15-25)24-17-22(26)23-13-12-18-8-4-3-5-9-18/h8,10-11,16,24H,2-7,9,12-15,17H2,1H3,(H,23,26). The topological polar surface area (TPSA) is 87.7 Å². The van der Waals surface area contributed by atoms with E-state index < -0.39 is 10.0 Å². The molecule has 1 heterocycles. The van der Waals surface area contributed by atoms with Gasteiger partial charge in [-0.25, -0.2) is 8.42 Å². The number of amides is 1. The summed E-state index contributed by atoms with van der Waals surface area (Å²) in [5.41, 5.74) is 2.01. The molecular weight excluding hydrogens is 402 g/mol. The van der Waals surface area contributed by atoms with Gasteiger partial charge in [0.05, 0.1) is 13.2 Å². The summed E-state index contributed by atoms with van der Waals surface area (Å²) in [7, 11) is -3.62. The van der Waals surface area contributed by atoms with Crippen LogP contribution in [0.4, 0.5) is 5.69 Å². The van der Waals surface area contributed by atoms with Gasteiger partial charge in [-0.3, -0.25) is 4.79 Å². The number of hydrogen-bond donors (Lipinski definition) is 2. The van der Waals surface area contributed by atoms with E-state index in [1.165, 1.54) is 22.7 Å². The first-order valence-corrected chi connectivity index (χ1v) is 12.4. The summed E-state index contributed by atoms with van der Waals surface area (Å²) in [6.45, 7) is 4.00. The van der Waals surface area contributed by atoms with Crippen LogP contribution in [-0.4, -0.2) is 51.4 Å². The zero-order chi connectivity index (χ0) is 21.4. The van der Waals surface area contributed by atoms with Crippen LogP contribution in [0, 0.1) is 0 Å². The molecule has 0 bridgehead atoms. The summed E-state index contributed by atoms with van der Waals surface area (Å²) in [4.78, 5) is 12.3. The van der Waals surface area contributed by atoms with Crippen molar-refractivity contribution in [2.75, 3.05) is 38.1 Å². The van der Waals surface area contributed by atoms with Gasteiger partial charge in [0.1, 0.15) is 10.6 Å². The largest absolute Gasteiger partial charge is 0.492 e. The van der Waals surface area contributed by atoms with E-state index in [0.29, 0.717) is 37.7 Å². The van der Waals surface area contributed by atoms with Crippen LogP contribution >= 0.6 is 0 Å². The number of ether oxygens (including phenoxy) is 1. The van der Waals surface area contributed by atoms with Crippen molar-refractivity contribution < 1.29 is 17.9 Å². The molecule has 0 aromatic heterocycles. The normalized spacial score (nSPS) is 17.4. The third-order valence-electron chi connectivity index (χ3n) is 5.53. The summed E-state index contributed by atoms with van der Waals surface area (Å²) in [5.74, 6) is 0.240. The molecule has 0 radical (unpaired) electrons. The second-order valence-corrected chi connectivity index (χ2v) is 9.67. The Hall–Kier alpha value is -2.06. The number of anilines is 1. The van der Waals surface area contributed by atoms with E-state index in [2.05, 4.69) is 16.7 Å². The molecule has 0 spiro atoms. The Morgan fingerprint density at radius 3 is 2.67 bits per heavy atom. The molecule has 30 heavy (non-hydrogen) atoms. The molecule has 2 N–H and O–H groups in total. The van der Waals surface area contributed by atoms with E-state index in [-0.39, 0.29) is 17.3 Å². The third-order valence-corrected chi connectivity index (χ3v) is 7.45. The second kappa shape index (κ2) is 10.8. The minimum atomic E-state index is -3.62. The maximum Gasteiger partial charge on any atom is 0.246 e. The molecule has 0 unspecified atom stereocenters. The quantitative estimate of drug-likeness (QED) is 0.551.